The molecule has 3 unspecified atom stereocenters. The van der Waals surface area contributed by atoms with E-state index in [1.165, 1.54) is 7.11 Å². The summed E-state index contributed by atoms with van der Waals surface area (Å²) in [5, 5.41) is 10.3. The second-order valence-corrected chi connectivity index (χ2v) is 11.3. The zero-order valence-electron chi connectivity index (χ0n) is 17.7. The maximum absolute atomic E-state index is 11.6. The molecule has 1 aromatic carbocycles. The number of aryl methyl sites for hydroxylation is 1. The van der Waals surface area contributed by atoms with Gasteiger partial charge < -0.3 is 8.92 Å². The highest BCUT2D eigenvalue weighted by molar-refractivity contribution is 7.84. The number of hydrogen-bond donors (Lipinski definition) is 2. The average molecular weight is 475 g/mol. The van der Waals surface area contributed by atoms with Gasteiger partial charge in [-0.3, -0.25) is 4.18 Å². The predicted molar refractivity (Wildman–Crippen MR) is 114 cm³/mol. The summed E-state index contributed by atoms with van der Waals surface area (Å²) in [7, 11) is -6.69. The van der Waals surface area contributed by atoms with Gasteiger partial charge in [0.1, 0.15) is 0 Å². The monoisotopic (exact) mass is 474 g/mol. The molecule has 0 aliphatic heterocycles. The van der Waals surface area contributed by atoms with E-state index in [9.17, 15) is 16.8 Å². The molecule has 4 N–H and O–H groups in total. The number of methoxy groups -OCH3 is 1. The molecular weight excluding hydrogens is 444 g/mol. The maximum Gasteiger partial charge on any atom is 0.380 e. The number of fused-ring (bicyclic) bond motifs is 5. The van der Waals surface area contributed by atoms with Crippen LogP contribution >= 0.6 is 0 Å². The molecule has 0 heterocycles. The molecule has 0 aromatic heterocycles. The summed E-state index contributed by atoms with van der Waals surface area (Å²) in [6.07, 6.45) is 5.53. The van der Waals surface area contributed by atoms with Crippen LogP contribution in [0.15, 0.2) is 12.1 Å². The lowest BCUT2D eigenvalue weighted by Crippen LogP contribution is -2.47. The van der Waals surface area contributed by atoms with Gasteiger partial charge in [0.2, 0.25) is 0 Å². The van der Waals surface area contributed by atoms with Crippen molar-refractivity contribution in [3.63, 3.8) is 0 Å². The van der Waals surface area contributed by atoms with E-state index in [-0.39, 0.29) is 17.3 Å². The normalized spacial score (nSPS) is 32.6. The standard InChI is InChI=1S/C20H30N2O7S2/c1-3-20-9-8-13-14(16(20)6-7-19(20)29-31(22,25)26)5-4-12-10-18(28-30(21,23)24)17(27-2)11-15(12)13/h10-11,13-14,16,19H,3-9H2,1-2H3,(H2,21,23,24)(H2,22,25,26)/t13?,14?,16?,19-,20-/m0/s1. The van der Waals surface area contributed by atoms with E-state index in [2.05, 4.69) is 6.92 Å². The van der Waals surface area contributed by atoms with E-state index >= 15 is 0 Å². The summed E-state index contributed by atoms with van der Waals surface area (Å²) < 4.78 is 61.8. The van der Waals surface area contributed by atoms with E-state index in [0.29, 0.717) is 29.9 Å². The molecule has 0 amide bonds. The highest BCUT2D eigenvalue weighted by Crippen LogP contribution is 2.63. The molecule has 11 heteroatoms. The van der Waals surface area contributed by atoms with E-state index in [4.69, 9.17) is 23.4 Å². The molecule has 4 rings (SSSR count). The second-order valence-electron chi connectivity index (χ2n) is 8.97. The Bertz CT molecular complexity index is 1070. The van der Waals surface area contributed by atoms with Gasteiger partial charge in [-0.05, 0) is 86.0 Å². The number of rotatable bonds is 6. The van der Waals surface area contributed by atoms with Crippen molar-refractivity contribution in [2.24, 2.45) is 27.5 Å². The summed E-state index contributed by atoms with van der Waals surface area (Å²) in [6.45, 7) is 2.11. The number of nitrogens with two attached hydrogens (primary N) is 2. The summed E-state index contributed by atoms with van der Waals surface area (Å²) in [5.74, 6) is 1.47. The van der Waals surface area contributed by atoms with Gasteiger partial charge in [-0.25, -0.2) is 5.14 Å². The first kappa shape index (κ1) is 22.8. The van der Waals surface area contributed by atoms with Crippen LogP contribution in [0.4, 0.5) is 0 Å². The molecule has 2 saturated carbocycles. The number of hydrogen-bond acceptors (Lipinski definition) is 7. The third-order valence-electron chi connectivity index (χ3n) is 7.76. The Labute approximate surface area is 183 Å². The Morgan fingerprint density at radius 3 is 2.39 bits per heavy atom. The van der Waals surface area contributed by atoms with Crippen molar-refractivity contribution >= 4 is 20.6 Å². The summed E-state index contributed by atoms with van der Waals surface area (Å²) in [5.41, 5.74) is 2.00. The quantitative estimate of drug-likeness (QED) is 0.641. The van der Waals surface area contributed by atoms with Gasteiger partial charge in [0.25, 0.3) is 0 Å². The smallest absolute Gasteiger partial charge is 0.380 e. The fourth-order valence-electron chi connectivity index (χ4n) is 6.66. The van der Waals surface area contributed by atoms with E-state index < -0.39 is 20.6 Å². The van der Waals surface area contributed by atoms with Crippen LogP contribution in [0, 0.1) is 17.3 Å². The first-order chi connectivity index (χ1) is 14.5. The first-order valence-electron chi connectivity index (χ1n) is 10.6. The molecule has 174 valence electrons. The van der Waals surface area contributed by atoms with Gasteiger partial charge in [-0.15, -0.1) is 0 Å². The topological polar surface area (TPSA) is 148 Å². The van der Waals surface area contributed by atoms with Crippen LogP contribution in [0.25, 0.3) is 0 Å². The molecule has 2 fully saturated rings. The van der Waals surface area contributed by atoms with Gasteiger partial charge in [-0.1, -0.05) is 6.92 Å². The maximum atomic E-state index is 11.6. The molecule has 9 nitrogen and oxygen atoms in total. The molecule has 1 aromatic rings. The van der Waals surface area contributed by atoms with Gasteiger partial charge >= 0.3 is 20.6 Å². The minimum absolute atomic E-state index is 0.100. The molecule has 0 bridgehead atoms. The van der Waals surface area contributed by atoms with Crippen molar-refractivity contribution in [3.05, 3.63) is 23.3 Å². The Kier molecular flexibility index (Phi) is 5.79. The lowest BCUT2D eigenvalue weighted by atomic mass is 9.54. The van der Waals surface area contributed by atoms with E-state index in [0.717, 1.165) is 49.7 Å². The SMILES string of the molecule is CC[C@]12CCC3c4cc(OC)c(OS(N)(=O)=O)cc4CCC3C1CC[C@@H]2OS(N)(=O)=O. The number of benzene rings is 1. The van der Waals surface area contributed by atoms with Crippen LogP contribution in [-0.4, -0.2) is 30.0 Å². The zero-order chi connectivity index (χ0) is 22.6. The highest BCUT2D eigenvalue weighted by atomic mass is 32.2. The van der Waals surface area contributed by atoms with Crippen LogP contribution in [0.3, 0.4) is 0 Å². The molecule has 31 heavy (non-hydrogen) atoms. The summed E-state index contributed by atoms with van der Waals surface area (Å²) in [6, 6.07) is 3.59. The Morgan fingerprint density at radius 2 is 1.77 bits per heavy atom. The van der Waals surface area contributed by atoms with Crippen molar-refractivity contribution < 1.29 is 29.9 Å². The Morgan fingerprint density at radius 1 is 1.03 bits per heavy atom. The molecule has 5 atom stereocenters. The first-order valence-corrected chi connectivity index (χ1v) is 13.6. The molecule has 0 radical (unpaired) electrons. The van der Waals surface area contributed by atoms with Gasteiger partial charge in [0.15, 0.2) is 11.5 Å². The average Bonchev–Trinajstić information content (AvgIpc) is 3.03. The highest BCUT2D eigenvalue weighted by Gasteiger charge is 2.57. The largest absolute Gasteiger partial charge is 0.493 e. The van der Waals surface area contributed by atoms with Crippen molar-refractivity contribution in [1.29, 1.82) is 0 Å². The molecule has 3 aliphatic rings. The van der Waals surface area contributed by atoms with Crippen LogP contribution in [0.5, 0.6) is 11.5 Å². The van der Waals surface area contributed by atoms with Crippen molar-refractivity contribution in [1.82, 2.24) is 0 Å². The molecular formula is C20H30N2O7S2. The third-order valence-corrected chi connectivity index (χ3v) is 8.67. The van der Waals surface area contributed by atoms with Gasteiger partial charge in [-0.2, -0.15) is 22.0 Å². The lowest BCUT2D eigenvalue weighted by molar-refractivity contribution is -0.0256. The van der Waals surface area contributed by atoms with E-state index in [1.807, 2.05) is 6.07 Å². The Balaban J connectivity index is 1.67. The van der Waals surface area contributed by atoms with Crippen LogP contribution in [0.2, 0.25) is 0 Å². The number of ether oxygens (including phenoxy) is 1. The summed E-state index contributed by atoms with van der Waals surface area (Å²) >= 11 is 0. The van der Waals surface area contributed by atoms with Crippen molar-refractivity contribution in [3.8, 4) is 11.5 Å². The molecule has 0 saturated heterocycles. The minimum atomic E-state index is -4.16. The van der Waals surface area contributed by atoms with E-state index in [1.54, 1.807) is 6.07 Å². The fourth-order valence-corrected chi connectivity index (χ4v) is 7.65. The molecule has 3 aliphatic carbocycles. The molecule has 0 spiro atoms. The Hall–Kier alpha value is -1.40. The van der Waals surface area contributed by atoms with Crippen LogP contribution in [-0.2, 0) is 31.2 Å². The predicted octanol–water partition coefficient (Wildman–Crippen LogP) is 2.11. The van der Waals surface area contributed by atoms with Crippen LogP contribution < -0.4 is 19.2 Å². The van der Waals surface area contributed by atoms with Gasteiger partial charge in [0, 0.05) is 5.41 Å². The van der Waals surface area contributed by atoms with Crippen molar-refractivity contribution in [2.45, 2.75) is 63.9 Å². The van der Waals surface area contributed by atoms with Crippen LogP contribution in [0.1, 0.15) is 62.5 Å². The van der Waals surface area contributed by atoms with Crippen molar-refractivity contribution in [2.75, 3.05) is 7.11 Å². The zero-order valence-corrected chi connectivity index (χ0v) is 19.4. The summed E-state index contributed by atoms with van der Waals surface area (Å²) in [4.78, 5) is 0. The lowest BCUT2D eigenvalue weighted by Gasteiger charge is -2.51. The van der Waals surface area contributed by atoms with Gasteiger partial charge in [0.05, 0.1) is 13.2 Å². The third kappa shape index (κ3) is 4.18. The fraction of sp³-hybridized carbons (Fsp3) is 0.700. The minimum Gasteiger partial charge on any atom is -0.493 e. The second kappa shape index (κ2) is 7.87.